The maximum atomic E-state index is 12.2. The zero-order chi connectivity index (χ0) is 12.8. The van der Waals surface area contributed by atoms with Crippen LogP contribution in [0.2, 0.25) is 0 Å². The van der Waals surface area contributed by atoms with Gasteiger partial charge in [-0.15, -0.1) is 0 Å². The molecule has 0 unspecified atom stereocenters. The minimum Gasteiger partial charge on any atom is -0.339 e. The molecule has 1 aromatic rings. The molecular formula is C12H20N4O. The van der Waals surface area contributed by atoms with Crippen molar-refractivity contribution in [2.45, 2.75) is 27.2 Å². The van der Waals surface area contributed by atoms with E-state index in [2.05, 4.69) is 17.3 Å². The zero-order valence-electron chi connectivity index (χ0n) is 10.7. The molecule has 5 heteroatoms. The molecule has 1 heterocycles. The highest BCUT2D eigenvalue weighted by Crippen LogP contribution is 2.12. The SMILES string of the molecule is CCCN(CC)C(=O)c1cc(C)nc(NN)c1. The summed E-state index contributed by atoms with van der Waals surface area (Å²) in [6, 6.07) is 3.45. The van der Waals surface area contributed by atoms with Gasteiger partial charge in [-0.25, -0.2) is 10.8 Å². The lowest BCUT2D eigenvalue weighted by Crippen LogP contribution is -2.31. The molecule has 5 nitrogen and oxygen atoms in total. The largest absolute Gasteiger partial charge is 0.339 e. The number of nitrogen functional groups attached to an aromatic ring is 1. The Morgan fingerprint density at radius 2 is 2.18 bits per heavy atom. The fourth-order valence-corrected chi connectivity index (χ4v) is 1.72. The Morgan fingerprint density at radius 3 is 2.71 bits per heavy atom. The van der Waals surface area contributed by atoms with Crippen molar-refractivity contribution < 1.29 is 4.79 Å². The summed E-state index contributed by atoms with van der Waals surface area (Å²) < 4.78 is 0. The molecule has 17 heavy (non-hydrogen) atoms. The fraction of sp³-hybridized carbons (Fsp3) is 0.500. The second-order valence-corrected chi connectivity index (χ2v) is 3.91. The average molecular weight is 236 g/mol. The standard InChI is InChI=1S/C12H20N4O/c1-4-6-16(5-2)12(17)10-7-9(3)14-11(8-10)15-13/h7-8H,4-6,13H2,1-3H3,(H,14,15). The number of aromatic nitrogens is 1. The summed E-state index contributed by atoms with van der Waals surface area (Å²) in [6.45, 7) is 7.35. The van der Waals surface area contributed by atoms with E-state index < -0.39 is 0 Å². The van der Waals surface area contributed by atoms with Crippen LogP contribution in [0.4, 0.5) is 5.82 Å². The molecule has 3 N–H and O–H groups in total. The van der Waals surface area contributed by atoms with Crippen LogP contribution >= 0.6 is 0 Å². The number of anilines is 1. The van der Waals surface area contributed by atoms with E-state index >= 15 is 0 Å². The predicted molar refractivity (Wildman–Crippen MR) is 68.7 cm³/mol. The summed E-state index contributed by atoms with van der Waals surface area (Å²) in [5, 5.41) is 0. The van der Waals surface area contributed by atoms with Crippen LogP contribution in [0.3, 0.4) is 0 Å². The molecule has 0 radical (unpaired) electrons. The van der Waals surface area contributed by atoms with Gasteiger partial charge < -0.3 is 10.3 Å². The Kier molecular flexibility index (Phi) is 4.90. The van der Waals surface area contributed by atoms with Crippen LogP contribution in [0.1, 0.15) is 36.3 Å². The van der Waals surface area contributed by atoms with Gasteiger partial charge >= 0.3 is 0 Å². The van der Waals surface area contributed by atoms with Crippen LogP contribution in [0.5, 0.6) is 0 Å². The summed E-state index contributed by atoms with van der Waals surface area (Å²) in [4.78, 5) is 18.2. The average Bonchev–Trinajstić information content (AvgIpc) is 2.34. The summed E-state index contributed by atoms with van der Waals surface area (Å²) >= 11 is 0. The first kappa shape index (κ1) is 13.4. The highest BCUT2D eigenvalue weighted by molar-refractivity contribution is 5.95. The van der Waals surface area contributed by atoms with Gasteiger partial charge in [0.25, 0.3) is 5.91 Å². The van der Waals surface area contributed by atoms with Crippen molar-refractivity contribution in [1.29, 1.82) is 0 Å². The first-order chi connectivity index (χ1) is 8.12. The van der Waals surface area contributed by atoms with Crippen LogP contribution in [0.15, 0.2) is 12.1 Å². The van der Waals surface area contributed by atoms with E-state index in [1.54, 1.807) is 12.1 Å². The molecule has 0 spiro atoms. The second-order valence-electron chi connectivity index (χ2n) is 3.91. The first-order valence-corrected chi connectivity index (χ1v) is 5.86. The number of hydrazine groups is 1. The lowest BCUT2D eigenvalue weighted by molar-refractivity contribution is 0.0764. The molecule has 0 aliphatic rings. The molecule has 94 valence electrons. The van der Waals surface area contributed by atoms with Gasteiger partial charge in [0.2, 0.25) is 0 Å². The Balaban J connectivity index is 2.97. The number of nitrogens with one attached hydrogen (secondary N) is 1. The van der Waals surface area contributed by atoms with Crippen LogP contribution in [-0.2, 0) is 0 Å². The highest BCUT2D eigenvalue weighted by Gasteiger charge is 2.14. The maximum absolute atomic E-state index is 12.2. The lowest BCUT2D eigenvalue weighted by Gasteiger charge is -2.20. The molecule has 0 atom stereocenters. The molecule has 1 rings (SSSR count). The van der Waals surface area contributed by atoms with E-state index in [1.165, 1.54) is 0 Å². The van der Waals surface area contributed by atoms with Crippen LogP contribution in [0.25, 0.3) is 0 Å². The highest BCUT2D eigenvalue weighted by atomic mass is 16.2. The molecule has 0 fully saturated rings. The van der Waals surface area contributed by atoms with Crippen molar-refractivity contribution >= 4 is 11.7 Å². The first-order valence-electron chi connectivity index (χ1n) is 5.86. The monoisotopic (exact) mass is 236 g/mol. The molecule has 0 aliphatic carbocycles. The van der Waals surface area contributed by atoms with Crippen molar-refractivity contribution in [2.24, 2.45) is 5.84 Å². The smallest absolute Gasteiger partial charge is 0.254 e. The van der Waals surface area contributed by atoms with Crippen molar-refractivity contribution in [3.8, 4) is 0 Å². The molecule has 0 aliphatic heterocycles. The number of amides is 1. The Hall–Kier alpha value is -1.62. The quantitative estimate of drug-likeness (QED) is 0.601. The summed E-state index contributed by atoms with van der Waals surface area (Å²) in [5.41, 5.74) is 3.87. The van der Waals surface area contributed by atoms with E-state index in [0.717, 1.165) is 18.7 Å². The number of rotatable bonds is 5. The number of hydrogen-bond acceptors (Lipinski definition) is 4. The number of nitrogens with two attached hydrogens (primary N) is 1. The minimum absolute atomic E-state index is 0.0244. The van der Waals surface area contributed by atoms with Gasteiger partial charge in [-0.3, -0.25) is 4.79 Å². The van der Waals surface area contributed by atoms with Gasteiger partial charge in [0.05, 0.1) is 0 Å². The summed E-state index contributed by atoms with van der Waals surface area (Å²) in [7, 11) is 0. The molecule has 1 amide bonds. The third-order valence-corrected chi connectivity index (χ3v) is 2.51. The van der Waals surface area contributed by atoms with Gasteiger partial charge in [-0.1, -0.05) is 6.92 Å². The predicted octanol–water partition coefficient (Wildman–Crippen LogP) is 1.55. The van der Waals surface area contributed by atoms with E-state index in [1.807, 2.05) is 18.7 Å². The third kappa shape index (κ3) is 3.42. The van der Waals surface area contributed by atoms with Crippen LogP contribution in [-0.4, -0.2) is 28.9 Å². The number of nitrogens with zero attached hydrogens (tertiary/aromatic N) is 2. The van der Waals surface area contributed by atoms with Crippen molar-refractivity contribution in [3.63, 3.8) is 0 Å². The lowest BCUT2D eigenvalue weighted by atomic mass is 10.2. The third-order valence-electron chi connectivity index (χ3n) is 2.51. The molecule has 0 saturated carbocycles. The Bertz CT molecular complexity index is 392. The zero-order valence-corrected chi connectivity index (χ0v) is 10.7. The molecule has 0 bridgehead atoms. The number of hydrogen-bond donors (Lipinski definition) is 2. The molecule has 0 aromatic carbocycles. The van der Waals surface area contributed by atoms with Gasteiger partial charge in [-0.2, -0.15) is 0 Å². The normalized spacial score (nSPS) is 10.1. The molecule has 0 saturated heterocycles. The van der Waals surface area contributed by atoms with Gasteiger partial charge in [0.1, 0.15) is 5.82 Å². The van der Waals surface area contributed by atoms with Crippen LogP contribution in [0, 0.1) is 6.92 Å². The fourth-order valence-electron chi connectivity index (χ4n) is 1.72. The van der Waals surface area contributed by atoms with Gasteiger partial charge in [0, 0.05) is 24.3 Å². The Labute approximate surface area is 102 Å². The van der Waals surface area contributed by atoms with Gasteiger partial charge in [-0.05, 0) is 32.4 Å². The minimum atomic E-state index is 0.0244. The number of pyridine rings is 1. The summed E-state index contributed by atoms with van der Waals surface area (Å²) in [6.07, 6.45) is 0.950. The van der Waals surface area contributed by atoms with Crippen molar-refractivity contribution in [2.75, 3.05) is 18.5 Å². The van der Waals surface area contributed by atoms with E-state index in [9.17, 15) is 4.79 Å². The van der Waals surface area contributed by atoms with E-state index in [-0.39, 0.29) is 5.91 Å². The van der Waals surface area contributed by atoms with E-state index in [0.29, 0.717) is 17.9 Å². The van der Waals surface area contributed by atoms with E-state index in [4.69, 9.17) is 5.84 Å². The summed E-state index contributed by atoms with van der Waals surface area (Å²) in [5.74, 6) is 5.86. The Morgan fingerprint density at radius 1 is 1.47 bits per heavy atom. The molecule has 1 aromatic heterocycles. The topological polar surface area (TPSA) is 71.2 Å². The number of aryl methyl sites for hydroxylation is 1. The number of carbonyl (C=O) groups is 1. The molecular weight excluding hydrogens is 216 g/mol. The maximum Gasteiger partial charge on any atom is 0.254 e. The van der Waals surface area contributed by atoms with Crippen molar-refractivity contribution in [1.82, 2.24) is 9.88 Å². The van der Waals surface area contributed by atoms with Crippen molar-refractivity contribution in [3.05, 3.63) is 23.4 Å². The van der Waals surface area contributed by atoms with Gasteiger partial charge in [0.15, 0.2) is 0 Å². The van der Waals surface area contributed by atoms with Crippen LogP contribution < -0.4 is 11.3 Å². The second kappa shape index (κ2) is 6.20. The number of carbonyl (C=O) groups excluding carboxylic acids is 1.